The van der Waals surface area contributed by atoms with Crippen LogP contribution < -0.4 is 10.5 Å². The van der Waals surface area contributed by atoms with Crippen LogP contribution in [0.1, 0.15) is 11.5 Å². The molecule has 5 rings (SSSR count). The number of aromatic nitrogens is 5. The molecule has 0 bridgehead atoms. The van der Waals surface area contributed by atoms with Gasteiger partial charge in [-0.05, 0) is 43.9 Å². The standard InChI is InChI=1S/C22H21F2N7O/c1-29(2)18-12-30(11-17(18)13-3-5-14(23)6-4-13)22-27-20-16(21(32)28-22)10-26-31(20)19-8-7-15(24)9-25-19/h3-10,17-18H,11-12H2,1-2H3,(H,27,28,32)/t17-,18-/m1/s1. The summed E-state index contributed by atoms with van der Waals surface area (Å²) in [7, 11) is 4.00. The Morgan fingerprint density at radius 2 is 1.78 bits per heavy atom. The van der Waals surface area contributed by atoms with Gasteiger partial charge in [0.05, 0.1) is 12.4 Å². The Balaban J connectivity index is 1.54. The Morgan fingerprint density at radius 3 is 2.47 bits per heavy atom. The average Bonchev–Trinajstić information content (AvgIpc) is 3.40. The molecule has 32 heavy (non-hydrogen) atoms. The van der Waals surface area contributed by atoms with E-state index in [1.165, 1.54) is 35.1 Å². The Hall–Kier alpha value is -3.66. The van der Waals surface area contributed by atoms with Gasteiger partial charge in [-0.15, -0.1) is 0 Å². The molecule has 1 N–H and O–H groups in total. The molecule has 1 aliphatic rings. The summed E-state index contributed by atoms with van der Waals surface area (Å²) >= 11 is 0. The van der Waals surface area contributed by atoms with Crippen LogP contribution in [0.25, 0.3) is 16.9 Å². The highest BCUT2D eigenvalue weighted by molar-refractivity contribution is 5.76. The van der Waals surface area contributed by atoms with Gasteiger partial charge in [-0.3, -0.25) is 9.78 Å². The number of benzene rings is 1. The van der Waals surface area contributed by atoms with Crippen LogP contribution >= 0.6 is 0 Å². The van der Waals surface area contributed by atoms with Crippen molar-refractivity contribution < 1.29 is 8.78 Å². The van der Waals surface area contributed by atoms with Crippen molar-refractivity contribution in [3.8, 4) is 5.82 Å². The molecule has 10 heteroatoms. The van der Waals surface area contributed by atoms with E-state index in [0.29, 0.717) is 35.9 Å². The van der Waals surface area contributed by atoms with Crippen LogP contribution in [-0.4, -0.2) is 62.9 Å². The van der Waals surface area contributed by atoms with Gasteiger partial charge in [-0.2, -0.15) is 14.8 Å². The van der Waals surface area contributed by atoms with Crippen LogP contribution in [0.4, 0.5) is 14.7 Å². The molecule has 0 aliphatic carbocycles. The molecule has 0 spiro atoms. The molecule has 1 aromatic carbocycles. The lowest BCUT2D eigenvalue weighted by molar-refractivity contribution is 0.292. The molecule has 2 atom stereocenters. The normalized spacial score (nSPS) is 18.7. The smallest absolute Gasteiger partial charge is 0.263 e. The number of pyridine rings is 1. The first kappa shape index (κ1) is 20.3. The molecule has 164 valence electrons. The lowest BCUT2D eigenvalue weighted by atomic mass is 9.94. The van der Waals surface area contributed by atoms with Gasteiger partial charge in [0.1, 0.15) is 17.0 Å². The maximum atomic E-state index is 13.4. The molecular weight excluding hydrogens is 416 g/mol. The van der Waals surface area contributed by atoms with Crippen molar-refractivity contribution in [2.24, 2.45) is 0 Å². The van der Waals surface area contributed by atoms with Crippen molar-refractivity contribution in [3.63, 3.8) is 0 Å². The second kappa shape index (κ2) is 7.79. The Labute approximate surface area is 182 Å². The van der Waals surface area contributed by atoms with Gasteiger partial charge in [-0.25, -0.2) is 13.8 Å². The summed E-state index contributed by atoms with van der Waals surface area (Å²) in [6.07, 6.45) is 2.51. The number of hydrogen-bond acceptors (Lipinski definition) is 6. The van der Waals surface area contributed by atoms with Gasteiger partial charge in [0.2, 0.25) is 5.95 Å². The Kier molecular flexibility index (Phi) is 4.93. The maximum absolute atomic E-state index is 13.4. The van der Waals surface area contributed by atoms with Crippen LogP contribution in [0.2, 0.25) is 0 Å². The molecule has 8 nitrogen and oxygen atoms in total. The van der Waals surface area contributed by atoms with Crippen LogP contribution in [-0.2, 0) is 0 Å². The highest BCUT2D eigenvalue weighted by atomic mass is 19.1. The molecule has 0 saturated carbocycles. The van der Waals surface area contributed by atoms with Crippen molar-refractivity contribution in [2.75, 3.05) is 32.1 Å². The van der Waals surface area contributed by atoms with Gasteiger partial charge in [-0.1, -0.05) is 12.1 Å². The largest absolute Gasteiger partial charge is 0.340 e. The van der Waals surface area contributed by atoms with Crippen molar-refractivity contribution >= 4 is 17.0 Å². The van der Waals surface area contributed by atoms with E-state index < -0.39 is 5.82 Å². The molecular formula is C22H21F2N7O. The van der Waals surface area contributed by atoms with Gasteiger partial charge < -0.3 is 9.80 Å². The van der Waals surface area contributed by atoms with Crippen LogP contribution in [0, 0.1) is 11.6 Å². The molecule has 4 aromatic rings. The second-order valence-corrected chi connectivity index (χ2v) is 8.11. The minimum atomic E-state index is -0.463. The number of rotatable bonds is 4. The van der Waals surface area contributed by atoms with E-state index in [9.17, 15) is 13.6 Å². The minimum absolute atomic E-state index is 0.107. The number of aromatic amines is 1. The van der Waals surface area contributed by atoms with Crippen LogP contribution in [0.15, 0.2) is 53.6 Å². The Bertz CT molecular complexity index is 1320. The lowest BCUT2D eigenvalue weighted by Gasteiger charge is -2.25. The van der Waals surface area contributed by atoms with Gasteiger partial charge in [0.25, 0.3) is 5.56 Å². The fourth-order valence-electron chi connectivity index (χ4n) is 4.24. The summed E-state index contributed by atoms with van der Waals surface area (Å²) in [5.74, 6) is 0.153. The van der Waals surface area contributed by atoms with E-state index in [1.54, 1.807) is 12.1 Å². The number of likely N-dealkylation sites (N-methyl/N-ethyl adjacent to an activating group) is 1. The van der Waals surface area contributed by atoms with Crippen LogP contribution in [0.3, 0.4) is 0 Å². The summed E-state index contributed by atoms with van der Waals surface area (Å²) in [6, 6.07) is 9.43. The number of H-pyrrole nitrogens is 1. The summed E-state index contributed by atoms with van der Waals surface area (Å²) in [5, 5.41) is 4.54. The first-order valence-corrected chi connectivity index (χ1v) is 10.2. The number of fused-ring (bicyclic) bond motifs is 1. The van der Waals surface area contributed by atoms with Crippen molar-refractivity contribution in [1.29, 1.82) is 0 Å². The average molecular weight is 437 g/mol. The summed E-state index contributed by atoms with van der Waals surface area (Å²) < 4.78 is 28.1. The fourth-order valence-corrected chi connectivity index (χ4v) is 4.24. The number of hydrogen-bond donors (Lipinski definition) is 1. The number of nitrogens with one attached hydrogen (secondary N) is 1. The van der Waals surface area contributed by atoms with E-state index in [0.717, 1.165) is 11.8 Å². The minimum Gasteiger partial charge on any atom is -0.340 e. The highest BCUT2D eigenvalue weighted by Gasteiger charge is 2.36. The SMILES string of the molecule is CN(C)[C@@H]1CN(c2nc3c(cnn3-c3ccc(F)cn3)c(=O)[nH]2)C[C@@H]1c1ccc(F)cc1. The monoisotopic (exact) mass is 437 g/mol. The Morgan fingerprint density at radius 1 is 1.03 bits per heavy atom. The quantitative estimate of drug-likeness (QED) is 0.528. The van der Waals surface area contributed by atoms with Crippen molar-refractivity contribution in [1.82, 2.24) is 29.6 Å². The van der Waals surface area contributed by atoms with E-state index >= 15 is 0 Å². The predicted molar refractivity (Wildman–Crippen MR) is 116 cm³/mol. The number of halogens is 2. The topological polar surface area (TPSA) is 82.9 Å². The molecule has 4 heterocycles. The van der Waals surface area contributed by atoms with Gasteiger partial charge >= 0.3 is 0 Å². The third-order valence-corrected chi connectivity index (χ3v) is 5.90. The molecule has 0 radical (unpaired) electrons. The van der Waals surface area contributed by atoms with E-state index in [2.05, 4.69) is 25.0 Å². The fraction of sp³-hybridized carbons (Fsp3) is 0.273. The molecule has 0 amide bonds. The number of nitrogens with zero attached hydrogens (tertiary/aromatic N) is 6. The molecule has 0 unspecified atom stereocenters. The van der Waals surface area contributed by atoms with Crippen LogP contribution in [0.5, 0.6) is 0 Å². The third kappa shape index (κ3) is 3.52. The first-order valence-electron chi connectivity index (χ1n) is 10.2. The lowest BCUT2D eigenvalue weighted by Crippen LogP contribution is -2.35. The second-order valence-electron chi connectivity index (χ2n) is 8.11. The van der Waals surface area contributed by atoms with Gasteiger partial charge in [0.15, 0.2) is 11.5 Å². The zero-order chi connectivity index (χ0) is 22.4. The molecule has 1 fully saturated rings. The zero-order valence-corrected chi connectivity index (χ0v) is 17.5. The summed E-state index contributed by atoms with van der Waals surface area (Å²) in [4.78, 5) is 28.5. The zero-order valence-electron chi connectivity index (χ0n) is 17.5. The molecule has 1 saturated heterocycles. The van der Waals surface area contributed by atoms with E-state index in [-0.39, 0.29) is 23.3 Å². The number of anilines is 1. The highest BCUT2D eigenvalue weighted by Crippen LogP contribution is 2.32. The van der Waals surface area contributed by atoms with E-state index in [4.69, 9.17) is 0 Å². The maximum Gasteiger partial charge on any atom is 0.263 e. The van der Waals surface area contributed by atoms with Crippen molar-refractivity contribution in [3.05, 3.63) is 76.3 Å². The first-order chi connectivity index (χ1) is 15.4. The molecule has 3 aromatic heterocycles. The van der Waals surface area contributed by atoms with E-state index in [1.807, 2.05) is 19.0 Å². The van der Waals surface area contributed by atoms with Gasteiger partial charge in [0, 0.05) is 25.0 Å². The summed E-state index contributed by atoms with van der Waals surface area (Å²) in [5.41, 5.74) is 1.05. The van der Waals surface area contributed by atoms with Crippen molar-refractivity contribution in [2.45, 2.75) is 12.0 Å². The predicted octanol–water partition coefficient (Wildman–Crippen LogP) is 2.32. The molecule has 1 aliphatic heterocycles. The third-order valence-electron chi connectivity index (χ3n) is 5.90. The summed E-state index contributed by atoms with van der Waals surface area (Å²) in [6.45, 7) is 1.23.